The highest BCUT2D eigenvalue weighted by molar-refractivity contribution is 5.30. The average molecular weight is 236 g/mol. The molecule has 4 heteroatoms. The topological polar surface area (TPSA) is 58.9 Å². The third kappa shape index (κ3) is 1.77. The van der Waals surface area contributed by atoms with Gasteiger partial charge in [-0.1, -0.05) is 24.3 Å². The summed E-state index contributed by atoms with van der Waals surface area (Å²) in [4.78, 5) is 0. The van der Waals surface area contributed by atoms with Crippen LogP contribution in [0.5, 0.6) is 0 Å². The minimum atomic E-state index is -0.957. The van der Waals surface area contributed by atoms with Crippen LogP contribution < -0.4 is 0 Å². The SMILES string of the molecule is OC[C@@H]1C[C@H](O)[C@]2(Cc3ccccc3CO2)O1. The van der Waals surface area contributed by atoms with E-state index in [1.54, 1.807) is 0 Å². The summed E-state index contributed by atoms with van der Waals surface area (Å²) in [7, 11) is 0. The van der Waals surface area contributed by atoms with Crippen LogP contribution in [0.15, 0.2) is 24.3 Å². The summed E-state index contributed by atoms with van der Waals surface area (Å²) in [6.45, 7) is 0.370. The van der Waals surface area contributed by atoms with Gasteiger partial charge in [0.05, 0.1) is 19.3 Å². The molecule has 4 nitrogen and oxygen atoms in total. The van der Waals surface area contributed by atoms with Gasteiger partial charge in [-0.2, -0.15) is 0 Å². The molecule has 0 aromatic heterocycles. The lowest BCUT2D eigenvalue weighted by Gasteiger charge is -2.36. The maximum Gasteiger partial charge on any atom is 0.199 e. The van der Waals surface area contributed by atoms with Gasteiger partial charge in [-0.05, 0) is 11.1 Å². The Labute approximate surface area is 99.8 Å². The van der Waals surface area contributed by atoms with Crippen molar-refractivity contribution in [3.63, 3.8) is 0 Å². The quantitative estimate of drug-likeness (QED) is 0.749. The molecule has 1 aromatic carbocycles. The number of benzene rings is 1. The van der Waals surface area contributed by atoms with Crippen molar-refractivity contribution in [2.45, 2.75) is 37.4 Å². The molecule has 0 unspecified atom stereocenters. The number of hydrogen-bond donors (Lipinski definition) is 2. The fraction of sp³-hybridized carbons (Fsp3) is 0.538. The summed E-state index contributed by atoms with van der Waals surface area (Å²) < 4.78 is 11.4. The molecule has 1 fully saturated rings. The standard InChI is InChI=1S/C13H16O4/c14-7-11-5-12(15)13(17-11)6-9-3-1-2-4-10(9)8-16-13/h1-4,11-12,14-15H,5-8H2/t11-,12-,13-/m0/s1. The van der Waals surface area contributed by atoms with Crippen LogP contribution in [0, 0.1) is 0 Å². The minimum Gasteiger partial charge on any atom is -0.394 e. The molecule has 3 rings (SSSR count). The lowest BCUT2D eigenvalue weighted by atomic mass is 9.93. The molecule has 17 heavy (non-hydrogen) atoms. The predicted octanol–water partition coefficient (Wildman–Crippen LogP) is 0.598. The van der Waals surface area contributed by atoms with Crippen molar-refractivity contribution in [2.24, 2.45) is 0 Å². The van der Waals surface area contributed by atoms with Crippen LogP contribution in [0.4, 0.5) is 0 Å². The Kier molecular flexibility index (Phi) is 2.67. The molecule has 1 aromatic rings. The molecule has 0 amide bonds. The molecule has 2 aliphatic heterocycles. The largest absolute Gasteiger partial charge is 0.394 e. The molecule has 0 radical (unpaired) electrons. The van der Waals surface area contributed by atoms with Gasteiger partial charge in [0, 0.05) is 12.8 Å². The van der Waals surface area contributed by atoms with E-state index in [0.29, 0.717) is 19.4 Å². The fourth-order valence-electron chi connectivity index (χ4n) is 2.63. The van der Waals surface area contributed by atoms with E-state index in [1.807, 2.05) is 24.3 Å². The van der Waals surface area contributed by atoms with E-state index in [9.17, 15) is 5.11 Å². The van der Waals surface area contributed by atoms with E-state index in [1.165, 1.54) is 0 Å². The highest BCUT2D eigenvalue weighted by Crippen LogP contribution is 2.39. The van der Waals surface area contributed by atoms with Crippen LogP contribution in [-0.2, 0) is 22.5 Å². The summed E-state index contributed by atoms with van der Waals surface area (Å²) in [6, 6.07) is 8.00. The van der Waals surface area contributed by atoms with Crippen LogP contribution >= 0.6 is 0 Å². The van der Waals surface area contributed by atoms with Gasteiger partial charge in [0.1, 0.15) is 6.10 Å². The van der Waals surface area contributed by atoms with Crippen molar-refractivity contribution in [1.82, 2.24) is 0 Å². The van der Waals surface area contributed by atoms with Gasteiger partial charge in [-0.25, -0.2) is 0 Å². The average Bonchev–Trinajstić information content (AvgIpc) is 2.66. The van der Waals surface area contributed by atoms with Crippen molar-refractivity contribution in [3.05, 3.63) is 35.4 Å². The van der Waals surface area contributed by atoms with Crippen LogP contribution in [0.3, 0.4) is 0 Å². The van der Waals surface area contributed by atoms with Crippen molar-refractivity contribution >= 4 is 0 Å². The molecule has 1 spiro atoms. The van der Waals surface area contributed by atoms with Gasteiger partial charge >= 0.3 is 0 Å². The zero-order valence-electron chi connectivity index (χ0n) is 9.50. The van der Waals surface area contributed by atoms with Crippen LogP contribution in [-0.4, -0.2) is 34.8 Å². The maximum absolute atomic E-state index is 10.1. The Morgan fingerprint density at radius 3 is 2.76 bits per heavy atom. The summed E-state index contributed by atoms with van der Waals surface area (Å²) >= 11 is 0. The summed E-state index contributed by atoms with van der Waals surface area (Å²) in [5.41, 5.74) is 2.29. The molecule has 2 heterocycles. The minimum absolute atomic E-state index is 0.0795. The normalized spacial score (nSPS) is 36.1. The second kappa shape index (κ2) is 4.07. The molecule has 2 aliphatic rings. The zero-order valence-corrected chi connectivity index (χ0v) is 9.50. The van der Waals surface area contributed by atoms with E-state index in [-0.39, 0.29) is 12.7 Å². The van der Waals surface area contributed by atoms with Gasteiger partial charge in [0.25, 0.3) is 0 Å². The highest BCUT2D eigenvalue weighted by Gasteiger charge is 2.50. The Balaban J connectivity index is 1.88. The van der Waals surface area contributed by atoms with Crippen molar-refractivity contribution in [1.29, 1.82) is 0 Å². The smallest absolute Gasteiger partial charge is 0.199 e. The van der Waals surface area contributed by atoms with E-state index >= 15 is 0 Å². The van der Waals surface area contributed by atoms with E-state index < -0.39 is 11.9 Å². The van der Waals surface area contributed by atoms with Crippen LogP contribution in [0.25, 0.3) is 0 Å². The number of ether oxygens (including phenoxy) is 2. The fourth-order valence-corrected chi connectivity index (χ4v) is 2.63. The van der Waals surface area contributed by atoms with E-state index in [2.05, 4.69) is 0 Å². The monoisotopic (exact) mass is 236 g/mol. The van der Waals surface area contributed by atoms with Crippen molar-refractivity contribution in [2.75, 3.05) is 6.61 Å². The predicted molar refractivity (Wildman–Crippen MR) is 60.2 cm³/mol. The Morgan fingerprint density at radius 1 is 1.29 bits per heavy atom. The molecule has 0 aliphatic carbocycles. The molecular weight excluding hydrogens is 220 g/mol. The van der Waals surface area contributed by atoms with Crippen molar-refractivity contribution < 1.29 is 19.7 Å². The van der Waals surface area contributed by atoms with Crippen LogP contribution in [0.2, 0.25) is 0 Å². The van der Waals surface area contributed by atoms with Gasteiger partial charge < -0.3 is 19.7 Å². The molecule has 92 valence electrons. The second-order valence-electron chi connectivity index (χ2n) is 4.72. The molecule has 0 saturated carbocycles. The molecule has 1 saturated heterocycles. The molecular formula is C13H16O4. The first kappa shape index (κ1) is 11.2. The highest BCUT2D eigenvalue weighted by atomic mass is 16.7. The maximum atomic E-state index is 10.1. The number of fused-ring (bicyclic) bond motifs is 1. The number of aliphatic hydroxyl groups excluding tert-OH is 2. The zero-order chi connectivity index (χ0) is 11.9. The lowest BCUT2D eigenvalue weighted by Crippen LogP contribution is -2.46. The van der Waals surface area contributed by atoms with Crippen molar-refractivity contribution in [3.8, 4) is 0 Å². The van der Waals surface area contributed by atoms with Gasteiger partial charge in [-0.3, -0.25) is 0 Å². The molecule has 2 N–H and O–H groups in total. The van der Waals surface area contributed by atoms with E-state index in [4.69, 9.17) is 14.6 Å². The molecule has 0 bridgehead atoms. The Morgan fingerprint density at radius 2 is 2.06 bits per heavy atom. The van der Waals surface area contributed by atoms with Gasteiger partial charge in [0.15, 0.2) is 5.79 Å². The Bertz CT molecular complexity index is 420. The second-order valence-corrected chi connectivity index (χ2v) is 4.72. The third-order valence-corrected chi connectivity index (χ3v) is 3.59. The third-order valence-electron chi connectivity index (χ3n) is 3.59. The first-order valence-electron chi connectivity index (χ1n) is 5.91. The van der Waals surface area contributed by atoms with Gasteiger partial charge in [0.2, 0.25) is 0 Å². The molecule has 3 atom stereocenters. The number of aliphatic hydroxyl groups is 2. The summed E-state index contributed by atoms with van der Waals surface area (Å²) in [5.74, 6) is -0.957. The first-order chi connectivity index (χ1) is 8.23. The lowest BCUT2D eigenvalue weighted by molar-refractivity contribution is -0.270. The van der Waals surface area contributed by atoms with Gasteiger partial charge in [-0.15, -0.1) is 0 Å². The number of hydrogen-bond acceptors (Lipinski definition) is 4. The van der Waals surface area contributed by atoms with Crippen LogP contribution in [0.1, 0.15) is 17.5 Å². The Hall–Kier alpha value is -0.940. The summed E-state index contributed by atoms with van der Waals surface area (Å²) in [6.07, 6.45) is -0.0252. The van der Waals surface area contributed by atoms with E-state index in [0.717, 1.165) is 11.1 Å². The summed E-state index contributed by atoms with van der Waals surface area (Å²) in [5, 5.41) is 19.2. The first-order valence-corrected chi connectivity index (χ1v) is 5.91. The number of rotatable bonds is 1.